The first-order valence-corrected chi connectivity index (χ1v) is 3.90. The van der Waals surface area contributed by atoms with Crippen molar-refractivity contribution in [3.05, 3.63) is 36.1 Å². The minimum atomic E-state index is 0.964. The van der Waals surface area contributed by atoms with Crippen LogP contribution in [-0.2, 0) is 0 Å². The van der Waals surface area contributed by atoms with Crippen LogP contribution in [0.3, 0.4) is 0 Å². The molecular weight excluding hydrogens is 172 g/mol. The van der Waals surface area contributed by atoms with Crippen LogP contribution in [-0.4, -0.2) is 4.55 Å². The highest BCUT2D eigenvalue weighted by atomic mass is 32.1. The van der Waals surface area contributed by atoms with Crippen molar-refractivity contribution < 1.29 is 8.97 Å². The number of rotatable bonds is 0. The van der Waals surface area contributed by atoms with Gasteiger partial charge in [-0.15, -0.1) is 0 Å². The Hall–Kier alpha value is -0.930. The van der Waals surface area contributed by atoms with Crippen LogP contribution in [0.2, 0.25) is 0 Å². The van der Waals surface area contributed by atoms with Crippen LogP contribution in [0.5, 0.6) is 0 Å². The van der Waals surface area contributed by atoms with Gasteiger partial charge in [-0.2, -0.15) is 0 Å². The maximum absolute atomic E-state index is 6.69. The summed E-state index contributed by atoms with van der Waals surface area (Å²) in [6, 6.07) is 8.12. The Bertz CT molecular complexity index is 354. The van der Waals surface area contributed by atoms with E-state index in [1.807, 2.05) is 18.2 Å². The Morgan fingerprint density at radius 1 is 1.25 bits per heavy atom. The molecule has 12 heavy (non-hydrogen) atoms. The van der Waals surface area contributed by atoms with Gasteiger partial charge in [-0.05, 0) is 38.0 Å². The Morgan fingerprint density at radius 2 is 2.00 bits per heavy atom. The zero-order chi connectivity index (χ0) is 8.97. The molecule has 0 aliphatic carbocycles. The minimum Gasteiger partial charge on any atom is -0.464 e. The van der Waals surface area contributed by atoms with Gasteiger partial charge in [-0.25, -0.2) is 0 Å². The van der Waals surface area contributed by atoms with Crippen molar-refractivity contribution in [2.24, 2.45) is 0 Å². The fourth-order valence-corrected chi connectivity index (χ4v) is 1.09. The second-order valence-corrected chi connectivity index (χ2v) is 2.46. The summed E-state index contributed by atoms with van der Waals surface area (Å²) in [5.74, 6) is 0. The molecule has 0 amide bonds. The first kappa shape index (κ1) is 9.16. The highest BCUT2D eigenvalue weighted by Crippen LogP contribution is 2.15. The largest absolute Gasteiger partial charge is 0.464 e. The predicted molar refractivity (Wildman–Crippen MR) is 52.6 cm³/mol. The molecule has 2 aromatic rings. The summed E-state index contributed by atoms with van der Waals surface area (Å²) in [5.41, 5.74) is 2.24. The number of aryl methyl sites for hydroxylation is 1. The molecule has 3 heteroatoms. The highest BCUT2D eigenvalue weighted by molar-refractivity contribution is 7.74. The maximum Gasteiger partial charge on any atom is 0.133 e. The first-order chi connectivity index (χ1) is 5.86. The molecule has 2 nitrogen and oxygen atoms in total. The monoisotopic (exact) mass is 182 g/mol. The van der Waals surface area contributed by atoms with E-state index in [1.54, 1.807) is 6.26 Å². The average Bonchev–Trinajstić information content (AvgIpc) is 2.54. The molecule has 0 bridgehead atoms. The molecule has 1 aromatic carbocycles. The fraction of sp³-hybridized carbons (Fsp3) is 0.111. The van der Waals surface area contributed by atoms with Gasteiger partial charge in [0.15, 0.2) is 0 Å². The van der Waals surface area contributed by atoms with E-state index in [1.165, 1.54) is 10.9 Å². The zero-order valence-corrected chi connectivity index (χ0v) is 7.58. The smallest absolute Gasteiger partial charge is 0.133 e. The van der Waals surface area contributed by atoms with Gasteiger partial charge in [0.1, 0.15) is 5.58 Å². The SMILES string of the molecule is Cc1ccc2occc2c1.OS. The summed E-state index contributed by atoms with van der Waals surface area (Å²) in [7, 11) is 0. The molecule has 2 rings (SSSR count). The second-order valence-electron chi connectivity index (χ2n) is 2.46. The standard InChI is InChI=1S/C9H8O.H2OS/c1-7-2-3-9-8(6-7)4-5-10-9;1-2/h2-6H,1H3;1-2H. The fourth-order valence-electron chi connectivity index (χ4n) is 1.09. The lowest BCUT2D eigenvalue weighted by Crippen LogP contribution is -1.67. The predicted octanol–water partition coefficient (Wildman–Crippen LogP) is 3.13. The Balaban J connectivity index is 0.000000336. The summed E-state index contributed by atoms with van der Waals surface area (Å²) in [5, 5.41) is 1.18. The third-order valence-corrected chi connectivity index (χ3v) is 1.61. The average molecular weight is 182 g/mol. The number of benzene rings is 1. The van der Waals surface area contributed by atoms with E-state index in [9.17, 15) is 0 Å². The van der Waals surface area contributed by atoms with Gasteiger partial charge in [-0.3, -0.25) is 0 Å². The van der Waals surface area contributed by atoms with Crippen LogP contribution >= 0.6 is 12.9 Å². The Kier molecular flexibility index (Phi) is 3.19. The van der Waals surface area contributed by atoms with Crippen LogP contribution in [0.15, 0.2) is 34.9 Å². The van der Waals surface area contributed by atoms with E-state index >= 15 is 0 Å². The van der Waals surface area contributed by atoms with Gasteiger partial charge in [-0.1, -0.05) is 11.6 Å². The molecule has 0 saturated heterocycles. The molecule has 0 fully saturated rings. The molecule has 1 N–H and O–H groups in total. The molecule has 0 aliphatic heterocycles. The third-order valence-electron chi connectivity index (χ3n) is 1.61. The normalized spacial score (nSPS) is 9.25. The summed E-state index contributed by atoms with van der Waals surface area (Å²) >= 11 is 2.53. The van der Waals surface area contributed by atoms with Crippen LogP contribution in [0, 0.1) is 6.92 Å². The van der Waals surface area contributed by atoms with E-state index in [2.05, 4.69) is 25.9 Å². The summed E-state index contributed by atoms with van der Waals surface area (Å²) in [6.45, 7) is 2.08. The third kappa shape index (κ3) is 1.81. The van der Waals surface area contributed by atoms with Gasteiger partial charge >= 0.3 is 0 Å². The molecule has 0 aliphatic rings. The quantitative estimate of drug-likeness (QED) is 0.484. The minimum absolute atomic E-state index is 0.964. The molecule has 64 valence electrons. The van der Waals surface area contributed by atoms with Crippen molar-refractivity contribution in [2.45, 2.75) is 6.92 Å². The second kappa shape index (κ2) is 4.18. The number of hydrogen-bond donors (Lipinski definition) is 2. The van der Waals surface area contributed by atoms with Crippen LogP contribution in [0.4, 0.5) is 0 Å². The topological polar surface area (TPSA) is 33.4 Å². The molecule has 0 radical (unpaired) electrons. The molecule has 0 unspecified atom stereocenters. The van der Waals surface area contributed by atoms with E-state index < -0.39 is 0 Å². The Labute approximate surface area is 76.4 Å². The lowest BCUT2D eigenvalue weighted by atomic mass is 10.2. The maximum atomic E-state index is 6.69. The van der Waals surface area contributed by atoms with Crippen molar-refractivity contribution in [3.63, 3.8) is 0 Å². The number of fused-ring (bicyclic) bond motifs is 1. The van der Waals surface area contributed by atoms with Gasteiger partial charge < -0.3 is 8.97 Å². The van der Waals surface area contributed by atoms with Crippen LogP contribution < -0.4 is 0 Å². The molecule has 0 spiro atoms. The van der Waals surface area contributed by atoms with Gasteiger partial charge in [0.25, 0.3) is 0 Å². The number of furan rings is 1. The molecule has 0 saturated carbocycles. The number of thiol groups is 1. The van der Waals surface area contributed by atoms with Crippen molar-refractivity contribution in [2.75, 3.05) is 0 Å². The van der Waals surface area contributed by atoms with Crippen LogP contribution in [0.1, 0.15) is 5.56 Å². The molecule has 1 aromatic heterocycles. The van der Waals surface area contributed by atoms with Crippen LogP contribution in [0.25, 0.3) is 11.0 Å². The van der Waals surface area contributed by atoms with E-state index in [4.69, 9.17) is 8.97 Å². The molecule has 1 heterocycles. The summed E-state index contributed by atoms with van der Waals surface area (Å²) < 4.78 is 11.9. The van der Waals surface area contributed by atoms with E-state index in [0.29, 0.717) is 0 Å². The van der Waals surface area contributed by atoms with E-state index in [-0.39, 0.29) is 0 Å². The number of hydrogen-bond acceptors (Lipinski definition) is 3. The van der Waals surface area contributed by atoms with Gasteiger partial charge in [0.2, 0.25) is 0 Å². The van der Waals surface area contributed by atoms with Crippen molar-refractivity contribution >= 4 is 23.9 Å². The zero-order valence-electron chi connectivity index (χ0n) is 6.69. The summed E-state index contributed by atoms with van der Waals surface area (Å²) in [4.78, 5) is 0. The van der Waals surface area contributed by atoms with E-state index in [0.717, 1.165) is 5.58 Å². The van der Waals surface area contributed by atoms with Crippen molar-refractivity contribution in [3.8, 4) is 0 Å². The lowest BCUT2D eigenvalue weighted by Gasteiger charge is -1.89. The van der Waals surface area contributed by atoms with Crippen molar-refractivity contribution in [1.29, 1.82) is 0 Å². The Morgan fingerprint density at radius 3 is 2.75 bits per heavy atom. The first-order valence-electron chi connectivity index (χ1n) is 3.50. The highest BCUT2D eigenvalue weighted by Gasteiger charge is 1.93. The summed E-state index contributed by atoms with van der Waals surface area (Å²) in [6.07, 6.45) is 1.71. The molecular formula is C9H10O2S. The van der Waals surface area contributed by atoms with Crippen molar-refractivity contribution in [1.82, 2.24) is 0 Å². The van der Waals surface area contributed by atoms with Gasteiger partial charge in [0, 0.05) is 5.39 Å². The molecule has 0 atom stereocenters. The van der Waals surface area contributed by atoms with Gasteiger partial charge in [0.05, 0.1) is 6.26 Å². The lowest BCUT2D eigenvalue weighted by molar-refractivity contribution is 0.616.